The number of carbonyl (C=O) groups is 1. The average Bonchev–Trinajstić information content (AvgIpc) is 2.43. The summed E-state index contributed by atoms with van der Waals surface area (Å²) in [7, 11) is 0. The second-order valence-electron chi connectivity index (χ2n) is 4.79. The van der Waals surface area contributed by atoms with Crippen molar-refractivity contribution in [2.24, 2.45) is 5.92 Å². The lowest BCUT2D eigenvalue weighted by Gasteiger charge is -2.30. The van der Waals surface area contributed by atoms with Crippen LogP contribution >= 0.6 is 11.6 Å². The maximum atomic E-state index is 12.1. The Bertz CT molecular complexity index is 552. The van der Waals surface area contributed by atoms with Gasteiger partial charge in [-0.25, -0.2) is 4.98 Å². The number of anilines is 1. The van der Waals surface area contributed by atoms with Crippen LogP contribution < -0.4 is 10.6 Å². The molecular formula is C14H16ClFN4O. The van der Waals surface area contributed by atoms with Crippen LogP contribution in [0.25, 0.3) is 0 Å². The van der Waals surface area contributed by atoms with Crippen molar-refractivity contribution in [2.75, 3.05) is 18.5 Å². The van der Waals surface area contributed by atoms with Crippen molar-refractivity contribution in [3.63, 3.8) is 0 Å². The van der Waals surface area contributed by atoms with Crippen molar-refractivity contribution in [2.45, 2.75) is 25.3 Å². The van der Waals surface area contributed by atoms with Crippen LogP contribution in [-0.4, -0.2) is 35.6 Å². The van der Waals surface area contributed by atoms with Crippen molar-refractivity contribution in [3.8, 4) is 11.8 Å². The van der Waals surface area contributed by atoms with Crippen LogP contribution in [0.4, 0.5) is 10.2 Å². The topological polar surface area (TPSA) is 66.9 Å². The Morgan fingerprint density at radius 1 is 1.52 bits per heavy atom. The molecule has 5 nitrogen and oxygen atoms in total. The molecule has 0 saturated heterocycles. The van der Waals surface area contributed by atoms with Crippen LogP contribution in [0.1, 0.15) is 24.8 Å². The molecule has 112 valence electrons. The summed E-state index contributed by atoms with van der Waals surface area (Å²) >= 11 is 5.76. The highest BCUT2D eigenvalue weighted by atomic mass is 35.5. The van der Waals surface area contributed by atoms with Gasteiger partial charge in [-0.15, -0.1) is 0 Å². The molecule has 1 fully saturated rings. The minimum Gasteiger partial charge on any atom is -0.369 e. The van der Waals surface area contributed by atoms with Crippen LogP contribution in [0.3, 0.4) is 0 Å². The lowest BCUT2D eigenvalue weighted by molar-refractivity contribution is -0.110. The van der Waals surface area contributed by atoms with Crippen molar-refractivity contribution < 1.29 is 9.18 Å². The molecule has 7 heteroatoms. The summed E-state index contributed by atoms with van der Waals surface area (Å²) in [4.78, 5) is 18.3. The number of rotatable bonds is 6. The Kier molecular flexibility index (Phi) is 5.76. The fraction of sp³-hybridized carbons (Fsp3) is 0.500. The third kappa shape index (κ3) is 4.57. The van der Waals surface area contributed by atoms with E-state index in [1.54, 1.807) is 6.20 Å². The quantitative estimate of drug-likeness (QED) is 0.364. The first-order valence-electron chi connectivity index (χ1n) is 6.76. The van der Waals surface area contributed by atoms with Crippen molar-refractivity contribution in [1.82, 2.24) is 15.3 Å². The highest BCUT2D eigenvalue weighted by molar-refractivity contribution is 6.28. The van der Waals surface area contributed by atoms with Crippen LogP contribution in [0, 0.1) is 17.8 Å². The van der Waals surface area contributed by atoms with Gasteiger partial charge < -0.3 is 10.6 Å². The van der Waals surface area contributed by atoms with E-state index < -0.39 is 0 Å². The summed E-state index contributed by atoms with van der Waals surface area (Å²) in [5, 5.41) is 5.86. The molecule has 1 aromatic heterocycles. The van der Waals surface area contributed by atoms with E-state index in [1.165, 1.54) is 0 Å². The zero-order valence-electron chi connectivity index (χ0n) is 11.4. The second kappa shape index (κ2) is 7.79. The molecule has 0 radical (unpaired) electrons. The predicted molar refractivity (Wildman–Crippen MR) is 78.7 cm³/mol. The van der Waals surface area contributed by atoms with Gasteiger partial charge in [-0.05, 0) is 30.9 Å². The van der Waals surface area contributed by atoms with Crippen LogP contribution in [-0.2, 0) is 4.79 Å². The molecule has 1 aromatic rings. The summed E-state index contributed by atoms with van der Waals surface area (Å²) in [6.45, 7) is 0.0767. The van der Waals surface area contributed by atoms with E-state index in [0.29, 0.717) is 30.8 Å². The highest BCUT2D eigenvalue weighted by Gasteiger charge is 2.26. The highest BCUT2D eigenvalue weighted by Crippen LogP contribution is 2.26. The number of nitrogens with zero attached hydrogens (tertiary/aromatic N) is 2. The lowest BCUT2D eigenvalue weighted by Crippen LogP contribution is -2.39. The molecule has 0 atom stereocenters. The van der Waals surface area contributed by atoms with E-state index >= 15 is 0 Å². The van der Waals surface area contributed by atoms with Gasteiger partial charge in [0.1, 0.15) is 5.82 Å². The second-order valence-corrected chi connectivity index (χ2v) is 5.13. The summed E-state index contributed by atoms with van der Waals surface area (Å²) in [6.07, 6.45) is 4.37. The molecule has 0 bridgehead atoms. The van der Waals surface area contributed by atoms with Crippen molar-refractivity contribution in [1.29, 1.82) is 0 Å². The van der Waals surface area contributed by atoms with Crippen LogP contribution in [0.5, 0.6) is 0 Å². The summed E-state index contributed by atoms with van der Waals surface area (Å²) in [5.41, 5.74) is 0.644. The fourth-order valence-electron chi connectivity index (χ4n) is 2.01. The number of halogens is 2. The van der Waals surface area contributed by atoms with E-state index in [-0.39, 0.29) is 23.9 Å². The molecule has 1 aliphatic rings. The minimum absolute atomic E-state index is 0.127. The van der Waals surface area contributed by atoms with Gasteiger partial charge in [0.05, 0.1) is 12.2 Å². The minimum atomic E-state index is -0.389. The Labute approximate surface area is 127 Å². The molecule has 21 heavy (non-hydrogen) atoms. The molecule has 2 rings (SSSR count). The van der Waals surface area contributed by atoms with Crippen LogP contribution in [0.15, 0.2) is 6.20 Å². The number of hydrogen-bond acceptors (Lipinski definition) is 4. The molecule has 1 aliphatic carbocycles. The first-order valence-corrected chi connectivity index (χ1v) is 7.14. The molecule has 2 N–H and O–H groups in total. The standard InChI is InChI=1S/C14H16ClFN4O/c15-14-18-8-11(13(20-14)17-5-1-4-16)3-2-10-6-12(7-10)19-9-21/h8-10,12H,1,4-7H2,(H,19,21)(H,17,18,20)/t10-,12+. The Hall–Kier alpha value is -1.87. The number of alkyl halides is 1. The molecule has 0 spiro atoms. The van der Waals surface area contributed by atoms with Gasteiger partial charge in [0, 0.05) is 24.7 Å². The number of nitrogens with one attached hydrogen (secondary N) is 2. The van der Waals surface area contributed by atoms with E-state index in [2.05, 4.69) is 32.4 Å². The van der Waals surface area contributed by atoms with Gasteiger partial charge in [-0.1, -0.05) is 11.8 Å². The predicted octanol–water partition coefficient (Wildman–Crippen LogP) is 1.78. The summed E-state index contributed by atoms with van der Waals surface area (Å²) < 4.78 is 12.1. The molecular weight excluding hydrogens is 295 g/mol. The zero-order chi connectivity index (χ0) is 15.1. The van der Waals surface area contributed by atoms with Gasteiger partial charge in [0.2, 0.25) is 11.7 Å². The van der Waals surface area contributed by atoms with Gasteiger partial charge in [-0.3, -0.25) is 9.18 Å². The van der Waals surface area contributed by atoms with E-state index in [0.717, 1.165) is 12.8 Å². The molecule has 1 heterocycles. The first-order chi connectivity index (χ1) is 10.2. The Morgan fingerprint density at radius 3 is 3.05 bits per heavy atom. The molecule has 0 unspecified atom stereocenters. The van der Waals surface area contributed by atoms with Gasteiger partial charge >= 0.3 is 0 Å². The SMILES string of the molecule is O=CN[C@H]1C[C@@H](C#Cc2cnc(Cl)nc2NCCCF)C1. The van der Waals surface area contributed by atoms with Crippen molar-refractivity contribution in [3.05, 3.63) is 17.0 Å². The van der Waals surface area contributed by atoms with Crippen LogP contribution in [0.2, 0.25) is 5.28 Å². The van der Waals surface area contributed by atoms with E-state index in [4.69, 9.17) is 11.6 Å². The average molecular weight is 311 g/mol. The third-order valence-electron chi connectivity index (χ3n) is 3.21. The Morgan fingerprint density at radius 2 is 2.33 bits per heavy atom. The van der Waals surface area contributed by atoms with E-state index in [9.17, 15) is 9.18 Å². The molecule has 0 aromatic carbocycles. The van der Waals surface area contributed by atoms with Crippen molar-refractivity contribution >= 4 is 23.8 Å². The molecule has 1 saturated carbocycles. The number of hydrogen-bond donors (Lipinski definition) is 2. The third-order valence-corrected chi connectivity index (χ3v) is 3.40. The normalized spacial score (nSPS) is 19.9. The summed E-state index contributed by atoms with van der Waals surface area (Å²) in [5.74, 6) is 6.94. The number of carbonyl (C=O) groups excluding carboxylic acids is 1. The molecule has 0 aliphatic heterocycles. The largest absolute Gasteiger partial charge is 0.369 e. The van der Waals surface area contributed by atoms with Gasteiger partial charge in [0.15, 0.2) is 0 Å². The first kappa shape index (κ1) is 15.5. The smallest absolute Gasteiger partial charge is 0.224 e. The lowest BCUT2D eigenvalue weighted by atomic mass is 9.81. The van der Waals surface area contributed by atoms with Gasteiger partial charge in [-0.2, -0.15) is 4.98 Å². The number of aromatic nitrogens is 2. The van der Waals surface area contributed by atoms with E-state index in [1.807, 2.05) is 0 Å². The fourth-order valence-corrected chi connectivity index (χ4v) is 2.14. The zero-order valence-corrected chi connectivity index (χ0v) is 12.2. The monoisotopic (exact) mass is 310 g/mol. The number of amides is 1. The summed E-state index contributed by atoms with van der Waals surface area (Å²) in [6, 6.07) is 0.227. The maximum Gasteiger partial charge on any atom is 0.224 e. The van der Waals surface area contributed by atoms with Gasteiger partial charge in [0.25, 0.3) is 0 Å². The maximum absolute atomic E-state index is 12.1. The molecule has 1 amide bonds. The Balaban J connectivity index is 1.98.